The van der Waals surface area contributed by atoms with Crippen LogP contribution in [0.3, 0.4) is 0 Å². The number of rotatable bonds is 3. The number of carbonyl (C=O) groups excluding carboxylic acids is 2. The minimum Gasteiger partial charge on any atom is -0.423 e. The number of Topliss-reactive ketones (excluding diaryl/α,β-unsaturated/α-hetero) is 1. The molecule has 0 aliphatic carbocycles. The van der Waals surface area contributed by atoms with E-state index in [-0.39, 0.29) is 28.7 Å². The van der Waals surface area contributed by atoms with Crippen molar-refractivity contribution in [1.82, 2.24) is 10.2 Å². The van der Waals surface area contributed by atoms with Gasteiger partial charge < -0.3 is 4.42 Å². The summed E-state index contributed by atoms with van der Waals surface area (Å²) in [4.78, 5) is 25.0. The van der Waals surface area contributed by atoms with Gasteiger partial charge in [0.1, 0.15) is 12.4 Å². The Labute approximate surface area is 123 Å². The molecular weight excluding hydrogens is 301 g/mol. The molecule has 0 radical (unpaired) electrons. The van der Waals surface area contributed by atoms with E-state index in [4.69, 9.17) is 16.0 Å². The average Bonchev–Trinajstić information content (AvgIpc) is 3.01. The topological polar surface area (TPSA) is 76.3 Å². The van der Waals surface area contributed by atoms with Gasteiger partial charge in [0, 0.05) is 6.42 Å². The number of hydrogen-bond donors (Lipinski definition) is 0. The molecule has 0 spiro atoms. The molecule has 1 aliphatic rings. The van der Waals surface area contributed by atoms with Crippen LogP contribution in [0.15, 0.2) is 16.5 Å². The Morgan fingerprint density at radius 2 is 2.00 bits per heavy atom. The number of ketones is 1. The quantitative estimate of drug-likeness (QED) is 0.812. The number of amides is 1. The summed E-state index contributed by atoms with van der Waals surface area (Å²) in [6.45, 7) is 1.75. The van der Waals surface area contributed by atoms with Crippen molar-refractivity contribution in [3.05, 3.63) is 40.3 Å². The summed E-state index contributed by atoms with van der Waals surface area (Å²) >= 11 is 5.64. The first kappa shape index (κ1) is 13.7. The molecule has 0 N–H and O–H groups in total. The van der Waals surface area contributed by atoms with Gasteiger partial charge in [0.25, 0.3) is 11.7 Å². The van der Waals surface area contributed by atoms with Gasteiger partial charge in [-0.1, -0.05) is 18.5 Å². The maximum absolute atomic E-state index is 13.6. The van der Waals surface area contributed by atoms with Crippen LogP contribution in [-0.4, -0.2) is 21.9 Å². The summed E-state index contributed by atoms with van der Waals surface area (Å²) in [6.07, 6.45) is 0.556. The lowest BCUT2D eigenvalue weighted by Crippen LogP contribution is -2.29. The molecule has 0 bridgehead atoms. The molecule has 0 fully saturated rings. The monoisotopic (exact) mass is 309 g/mol. The zero-order valence-electron chi connectivity index (χ0n) is 10.9. The summed E-state index contributed by atoms with van der Waals surface area (Å²) in [5.41, 5.74) is 0.227. The van der Waals surface area contributed by atoms with Crippen LogP contribution < -0.4 is 4.90 Å². The van der Waals surface area contributed by atoms with E-state index in [1.807, 2.05) is 6.92 Å². The second kappa shape index (κ2) is 4.92. The van der Waals surface area contributed by atoms with E-state index in [9.17, 15) is 14.0 Å². The number of anilines is 1. The molecule has 0 saturated heterocycles. The fraction of sp³-hybridized carbons (Fsp3) is 0.231. The normalized spacial score (nSPS) is 14.0. The van der Waals surface area contributed by atoms with Crippen LogP contribution in [0, 0.1) is 5.82 Å². The van der Waals surface area contributed by atoms with Crippen LogP contribution in [0.2, 0.25) is 5.02 Å². The van der Waals surface area contributed by atoms with E-state index in [2.05, 4.69) is 10.2 Å². The van der Waals surface area contributed by atoms with Crippen LogP contribution in [0.4, 0.5) is 10.1 Å². The molecule has 6 nitrogen and oxygen atoms in total. The van der Waals surface area contributed by atoms with Crippen molar-refractivity contribution in [2.24, 2.45) is 0 Å². The molecule has 8 heteroatoms. The largest absolute Gasteiger partial charge is 0.423 e. The van der Waals surface area contributed by atoms with E-state index in [0.717, 1.165) is 17.0 Å². The highest BCUT2D eigenvalue weighted by Crippen LogP contribution is 2.33. The number of benzene rings is 1. The molecule has 108 valence electrons. The van der Waals surface area contributed by atoms with Gasteiger partial charge in [0.2, 0.25) is 11.8 Å². The molecule has 0 saturated carbocycles. The highest BCUT2D eigenvalue weighted by atomic mass is 35.5. The lowest BCUT2D eigenvalue weighted by Gasteiger charge is -2.13. The Morgan fingerprint density at radius 3 is 2.67 bits per heavy atom. The fourth-order valence-corrected chi connectivity index (χ4v) is 2.24. The minimum absolute atomic E-state index is 0.0710. The molecule has 3 rings (SSSR count). The van der Waals surface area contributed by atoms with E-state index < -0.39 is 17.5 Å². The van der Waals surface area contributed by atoms with E-state index in [0.29, 0.717) is 12.3 Å². The van der Waals surface area contributed by atoms with Crippen molar-refractivity contribution in [3.63, 3.8) is 0 Å². The minimum atomic E-state index is -0.775. The zero-order valence-corrected chi connectivity index (χ0v) is 11.6. The van der Waals surface area contributed by atoms with Gasteiger partial charge in [-0.05, 0) is 12.1 Å². The summed E-state index contributed by atoms with van der Waals surface area (Å²) in [5, 5.41) is 7.35. The fourth-order valence-electron chi connectivity index (χ4n) is 2.08. The van der Waals surface area contributed by atoms with Crippen molar-refractivity contribution in [2.45, 2.75) is 19.9 Å². The number of halogens is 2. The van der Waals surface area contributed by atoms with Crippen molar-refractivity contribution in [1.29, 1.82) is 0 Å². The number of hydrogen-bond acceptors (Lipinski definition) is 5. The first-order valence-electron chi connectivity index (χ1n) is 6.17. The lowest BCUT2D eigenvalue weighted by atomic mass is 10.1. The molecule has 2 heterocycles. The van der Waals surface area contributed by atoms with E-state index in [1.54, 1.807) is 0 Å². The Kier molecular flexibility index (Phi) is 3.21. The summed E-state index contributed by atoms with van der Waals surface area (Å²) in [5.74, 6) is -1.62. The van der Waals surface area contributed by atoms with Crippen LogP contribution in [0.5, 0.6) is 0 Å². The number of aromatic nitrogens is 2. The van der Waals surface area contributed by atoms with E-state index in [1.165, 1.54) is 0 Å². The molecule has 2 aromatic rings. The van der Waals surface area contributed by atoms with Crippen LogP contribution in [0.1, 0.15) is 29.1 Å². The second-order valence-corrected chi connectivity index (χ2v) is 4.85. The average molecular weight is 310 g/mol. The number of aryl methyl sites for hydroxylation is 1. The lowest BCUT2D eigenvalue weighted by molar-refractivity contribution is -0.114. The van der Waals surface area contributed by atoms with Crippen molar-refractivity contribution < 1.29 is 18.4 Å². The zero-order chi connectivity index (χ0) is 15.1. The number of carbonyl (C=O) groups is 2. The maximum atomic E-state index is 13.6. The van der Waals surface area contributed by atoms with Crippen molar-refractivity contribution >= 4 is 29.0 Å². The first-order chi connectivity index (χ1) is 10.0. The van der Waals surface area contributed by atoms with Crippen molar-refractivity contribution in [3.8, 4) is 0 Å². The van der Waals surface area contributed by atoms with Crippen LogP contribution >= 0.6 is 11.6 Å². The van der Waals surface area contributed by atoms with Crippen molar-refractivity contribution in [2.75, 3.05) is 4.90 Å². The van der Waals surface area contributed by atoms with Gasteiger partial charge in [0.15, 0.2) is 0 Å². The molecule has 0 unspecified atom stereocenters. The first-order valence-corrected chi connectivity index (χ1v) is 6.55. The standard InChI is InChI=1S/C13H9ClFN3O3/c1-2-10-16-17-11(21-10)5-18-9-4-8(15)7(14)3-6(9)12(19)13(18)20/h3-4H,2,5H2,1H3. The Morgan fingerprint density at radius 1 is 1.29 bits per heavy atom. The third kappa shape index (κ3) is 2.19. The molecule has 1 aliphatic heterocycles. The Hall–Kier alpha value is -2.28. The van der Waals surface area contributed by atoms with Gasteiger partial charge >= 0.3 is 0 Å². The summed E-state index contributed by atoms with van der Waals surface area (Å²) < 4.78 is 18.9. The molecule has 1 amide bonds. The predicted molar refractivity (Wildman–Crippen MR) is 70.6 cm³/mol. The summed E-state index contributed by atoms with van der Waals surface area (Å²) in [6, 6.07) is 2.20. The highest BCUT2D eigenvalue weighted by molar-refractivity contribution is 6.52. The molecular formula is C13H9ClFN3O3. The van der Waals surface area contributed by atoms with Gasteiger partial charge in [-0.2, -0.15) is 0 Å². The van der Waals surface area contributed by atoms with Gasteiger partial charge in [0.05, 0.1) is 16.3 Å². The van der Waals surface area contributed by atoms with Gasteiger partial charge in [-0.3, -0.25) is 14.5 Å². The predicted octanol–water partition coefficient (Wildman–Crippen LogP) is 2.15. The maximum Gasteiger partial charge on any atom is 0.299 e. The SMILES string of the molecule is CCc1nnc(CN2C(=O)C(=O)c3cc(Cl)c(F)cc32)o1. The molecule has 1 aromatic carbocycles. The van der Waals surface area contributed by atoms with Gasteiger partial charge in [-0.15, -0.1) is 10.2 Å². The smallest absolute Gasteiger partial charge is 0.299 e. The van der Waals surface area contributed by atoms with Crippen LogP contribution in [0.25, 0.3) is 0 Å². The van der Waals surface area contributed by atoms with Gasteiger partial charge in [-0.25, -0.2) is 4.39 Å². The van der Waals surface area contributed by atoms with Crippen LogP contribution in [-0.2, 0) is 17.8 Å². The molecule has 1 aromatic heterocycles. The molecule has 21 heavy (non-hydrogen) atoms. The highest BCUT2D eigenvalue weighted by Gasteiger charge is 2.37. The van der Waals surface area contributed by atoms with E-state index >= 15 is 0 Å². The second-order valence-electron chi connectivity index (χ2n) is 4.45. The number of nitrogens with zero attached hydrogens (tertiary/aromatic N) is 3. The third-order valence-corrected chi connectivity index (χ3v) is 3.41. The summed E-state index contributed by atoms with van der Waals surface area (Å²) in [7, 11) is 0. The Bertz CT molecular complexity index is 759. The molecule has 0 atom stereocenters. The number of fused-ring (bicyclic) bond motifs is 1. The third-order valence-electron chi connectivity index (χ3n) is 3.12. The Balaban J connectivity index is 1.99.